The number of para-hydroxylation sites is 1. The number of amides is 2. The molecule has 0 bridgehead atoms. The smallest absolute Gasteiger partial charge is 0.244 e. The molecule has 4 rings (SSSR count). The summed E-state index contributed by atoms with van der Waals surface area (Å²) < 4.78 is 38.0. The summed E-state index contributed by atoms with van der Waals surface area (Å²) in [5.74, 6) is -0.279. The quantitative estimate of drug-likeness (QED) is 0.470. The Bertz CT molecular complexity index is 1440. The van der Waals surface area contributed by atoms with Crippen molar-refractivity contribution in [3.63, 3.8) is 0 Å². The number of hydrogen-bond donors (Lipinski definition) is 1. The van der Waals surface area contributed by atoms with E-state index in [1.54, 1.807) is 36.4 Å². The monoisotopic (exact) mass is 548 g/mol. The number of carbonyl (C=O) groups excluding carboxylic acids is 2. The van der Waals surface area contributed by atoms with E-state index in [-0.39, 0.29) is 22.0 Å². The van der Waals surface area contributed by atoms with Crippen LogP contribution >= 0.6 is 23.2 Å². The van der Waals surface area contributed by atoms with Crippen molar-refractivity contribution >= 4 is 56.2 Å². The van der Waals surface area contributed by atoms with Gasteiger partial charge in [0.2, 0.25) is 11.8 Å². The predicted molar refractivity (Wildman–Crippen MR) is 138 cm³/mol. The van der Waals surface area contributed by atoms with Gasteiger partial charge >= 0.3 is 0 Å². The normalized spacial score (nSPS) is 16.6. The van der Waals surface area contributed by atoms with Gasteiger partial charge in [-0.2, -0.15) is 0 Å². The maximum atomic E-state index is 13.7. The van der Waals surface area contributed by atoms with Crippen LogP contribution in [0.3, 0.4) is 0 Å². The number of nitrogens with zero attached hydrogens (tertiary/aromatic N) is 1. The van der Waals surface area contributed by atoms with Crippen LogP contribution in [0, 0.1) is 0 Å². The third-order valence-corrected chi connectivity index (χ3v) is 8.67. The minimum absolute atomic E-state index is 0.0435. The molecule has 0 aliphatic carbocycles. The summed E-state index contributed by atoms with van der Waals surface area (Å²) in [6, 6.07) is 15.4. The molecule has 1 aliphatic rings. The molecule has 3 aromatic carbocycles. The molecule has 1 aliphatic heterocycles. The lowest BCUT2D eigenvalue weighted by Gasteiger charge is -2.22. The highest BCUT2D eigenvalue weighted by Crippen LogP contribution is 2.42. The van der Waals surface area contributed by atoms with Crippen molar-refractivity contribution in [2.75, 3.05) is 31.0 Å². The first-order valence-electron chi connectivity index (χ1n) is 10.8. The minimum atomic E-state index is -4.01. The van der Waals surface area contributed by atoms with Crippen LogP contribution in [0.25, 0.3) is 0 Å². The Morgan fingerprint density at radius 1 is 1.00 bits per heavy atom. The van der Waals surface area contributed by atoms with E-state index >= 15 is 0 Å². The van der Waals surface area contributed by atoms with Gasteiger partial charge in [0, 0.05) is 12.1 Å². The SMILES string of the molecule is COc1ccc(C2CC(=O)N(CC(=O)Nc3ccc(Cl)c(Cl)c3)c3ccccc3S2(=O)=O)cc1OC. The van der Waals surface area contributed by atoms with Crippen LogP contribution in [-0.4, -0.2) is 41.0 Å². The lowest BCUT2D eigenvalue weighted by molar-refractivity contribution is -0.121. The lowest BCUT2D eigenvalue weighted by atomic mass is 10.1. The molecule has 1 unspecified atom stereocenters. The molecule has 8 nitrogen and oxygen atoms in total. The number of fused-ring (bicyclic) bond motifs is 1. The zero-order chi connectivity index (χ0) is 26.0. The Balaban J connectivity index is 1.70. The Morgan fingerprint density at radius 2 is 1.72 bits per heavy atom. The van der Waals surface area contributed by atoms with Crippen molar-refractivity contribution in [1.82, 2.24) is 0 Å². The molecule has 1 heterocycles. The maximum absolute atomic E-state index is 13.7. The largest absolute Gasteiger partial charge is 0.493 e. The van der Waals surface area contributed by atoms with Crippen LogP contribution < -0.4 is 19.7 Å². The molecule has 3 aromatic rings. The minimum Gasteiger partial charge on any atom is -0.493 e. The van der Waals surface area contributed by atoms with Crippen molar-refractivity contribution in [3.8, 4) is 11.5 Å². The fourth-order valence-electron chi connectivity index (χ4n) is 4.03. The number of rotatable bonds is 6. The first-order valence-corrected chi connectivity index (χ1v) is 13.1. The van der Waals surface area contributed by atoms with Crippen LogP contribution in [0.4, 0.5) is 11.4 Å². The van der Waals surface area contributed by atoms with E-state index in [1.807, 2.05) is 0 Å². The molecule has 36 heavy (non-hydrogen) atoms. The zero-order valence-electron chi connectivity index (χ0n) is 19.3. The highest BCUT2D eigenvalue weighted by atomic mass is 35.5. The number of nitrogens with one attached hydrogen (secondary N) is 1. The third kappa shape index (κ3) is 5.00. The second-order valence-corrected chi connectivity index (χ2v) is 10.9. The molecule has 2 amide bonds. The number of benzene rings is 3. The van der Waals surface area contributed by atoms with Gasteiger partial charge in [0.05, 0.1) is 40.1 Å². The number of carbonyl (C=O) groups is 2. The van der Waals surface area contributed by atoms with E-state index in [9.17, 15) is 18.0 Å². The number of methoxy groups -OCH3 is 2. The molecule has 0 saturated heterocycles. The van der Waals surface area contributed by atoms with Gasteiger partial charge in [0.15, 0.2) is 21.3 Å². The summed E-state index contributed by atoms with van der Waals surface area (Å²) in [5.41, 5.74) is 0.897. The second kappa shape index (κ2) is 10.4. The fourth-order valence-corrected chi connectivity index (χ4v) is 6.24. The average molecular weight is 549 g/mol. The molecule has 11 heteroatoms. The highest BCUT2D eigenvalue weighted by Gasteiger charge is 2.40. The Labute approximate surface area is 218 Å². The summed E-state index contributed by atoms with van der Waals surface area (Å²) in [4.78, 5) is 27.4. The van der Waals surface area contributed by atoms with Gasteiger partial charge in [-0.1, -0.05) is 41.4 Å². The number of sulfone groups is 1. The molecule has 1 atom stereocenters. The number of ether oxygens (including phenoxy) is 2. The Hall–Kier alpha value is -3.27. The summed E-state index contributed by atoms with van der Waals surface area (Å²) in [5, 5.41) is 2.07. The first kappa shape index (κ1) is 25.8. The summed E-state index contributed by atoms with van der Waals surface area (Å²) in [6.07, 6.45) is -0.369. The third-order valence-electron chi connectivity index (χ3n) is 5.78. The van der Waals surface area contributed by atoms with Crippen molar-refractivity contribution in [1.29, 1.82) is 0 Å². The number of anilines is 2. The predicted octanol–water partition coefficient (Wildman–Crippen LogP) is 4.90. The second-order valence-electron chi connectivity index (χ2n) is 7.98. The topological polar surface area (TPSA) is 102 Å². The van der Waals surface area contributed by atoms with Crippen molar-refractivity contribution in [2.45, 2.75) is 16.6 Å². The van der Waals surface area contributed by atoms with Crippen LogP contribution in [-0.2, 0) is 19.4 Å². The van der Waals surface area contributed by atoms with Gasteiger partial charge in [0.1, 0.15) is 6.54 Å². The van der Waals surface area contributed by atoms with E-state index in [0.717, 1.165) is 0 Å². The summed E-state index contributed by atoms with van der Waals surface area (Å²) in [6.45, 7) is -0.399. The van der Waals surface area contributed by atoms with E-state index in [2.05, 4.69) is 5.32 Å². The van der Waals surface area contributed by atoms with Crippen LogP contribution in [0.5, 0.6) is 11.5 Å². The van der Waals surface area contributed by atoms with E-state index in [4.69, 9.17) is 32.7 Å². The van der Waals surface area contributed by atoms with Crippen LogP contribution in [0.1, 0.15) is 17.2 Å². The number of halogens is 2. The molecule has 188 valence electrons. The van der Waals surface area contributed by atoms with E-state index in [1.165, 1.54) is 43.4 Å². The number of hydrogen-bond acceptors (Lipinski definition) is 6. The summed E-state index contributed by atoms with van der Waals surface area (Å²) >= 11 is 11.9. The first-order chi connectivity index (χ1) is 17.1. The lowest BCUT2D eigenvalue weighted by Crippen LogP contribution is -2.38. The Morgan fingerprint density at radius 3 is 2.42 bits per heavy atom. The Kier molecular flexibility index (Phi) is 7.44. The molecule has 0 radical (unpaired) electrons. The fraction of sp³-hybridized carbons (Fsp3) is 0.200. The van der Waals surface area contributed by atoms with Gasteiger partial charge < -0.3 is 19.7 Å². The molecule has 0 saturated carbocycles. The van der Waals surface area contributed by atoms with Crippen LogP contribution in [0.2, 0.25) is 10.0 Å². The maximum Gasteiger partial charge on any atom is 0.244 e. The molecular formula is C25H22Cl2N2O6S. The van der Waals surface area contributed by atoms with Gasteiger partial charge in [-0.3, -0.25) is 9.59 Å². The van der Waals surface area contributed by atoms with Gasteiger partial charge in [-0.25, -0.2) is 8.42 Å². The van der Waals surface area contributed by atoms with Crippen molar-refractivity contribution in [3.05, 3.63) is 76.3 Å². The standard InChI is InChI=1S/C25H22Cl2N2O6S/c1-34-20-10-7-15(11-21(20)35-2)23-13-25(31)29(19-5-3-4-6-22(19)36(23,32)33)14-24(30)28-16-8-9-17(26)18(27)12-16/h3-12,23H,13-14H2,1-2H3,(H,28,30). The van der Waals surface area contributed by atoms with E-state index < -0.39 is 33.4 Å². The van der Waals surface area contributed by atoms with Gasteiger partial charge in [-0.15, -0.1) is 0 Å². The van der Waals surface area contributed by atoms with Gasteiger partial charge in [-0.05, 0) is 48.0 Å². The van der Waals surface area contributed by atoms with Crippen molar-refractivity contribution < 1.29 is 27.5 Å². The molecule has 0 spiro atoms. The van der Waals surface area contributed by atoms with Crippen molar-refractivity contribution in [2.24, 2.45) is 0 Å². The zero-order valence-corrected chi connectivity index (χ0v) is 21.7. The molecule has 0 fully saturated rings. The molecule has 0 aromatic heterocycles. The molecular weight excluding hydrogens is 527 g/mol. The molecule has 1 N–H and O–H groups in total. The summed E-state index contributed by atoms with van der Waals surface area (Å²) in [7, 11) is -1.10. The van der Waals surface area contributed by atoms with E-state index in [0.29, 0.717) is 27.8 Å². The average Bonchev–Trinajstić information content (AvgIpc) is 2.94. The van der Waals surface area contributed by atoms with Crippen LogP contribution in [0.15, 0.2) is 65.6 Å². The highest BCUT2D eigenvalue weighted by molar-refractivity contribution is 7.92. The van der Waals surface area contributed by atoms with Gasteiger partial charge in [0.25, 0.3) is 0 Å².